The van der Waals surface area contributed by atoms with Crippen LogP contribution in [0.15, 0.2) is 16.6 Å². The van der Waals surface area contributed by atoms with Crippen LogP contribution in [0.4, 0.5) is 0 Å². The predicted molar refractivity (Wildman–Crippen MR) is 69.1 cm³/mol. The van der Waals surface area contributed by atoms with Crippen LogP contribution >= 0.6 is 27.5 Å². The van der Waals surface area contributed by atoms with E-state index in [1.54, 1.807) is 26.0 Å². The van der Waals surface area contributed by atoms with Crippen LogP contribution in [0.2, 0.25) is 5.15 Å². The first kappa shape index (κ1) is 16.4. The molecule has 0 aliphatic heterocycles. The third kappa shape index (κ3) is 3.44. The molecule has 0 aliphatic rings. The number of nitrogens with zero attached hydrogens (tertiary/aromatic N) is 1. The van der Waals surface area contributed by atoms with E-state index in [9.17, 15) is 4.79 Å². The molecule has 0 saturated carbocycles. The van der Waals surface area contributed by atoms with Crippen molar-refractivity contribution in [2.24, 2.45) is 0 Å². The molecule has 0 radical (unpaired) electrons. The van der Waals surface area contributed by atoms with E-state index in [2.05, 4.69) is 20.9 Å². The van der Waals surface area contributed by atoms with E-state index < -0.39 is 5.41 Å². The van der Waals surface area contributed by atoms with Crippen LogP contribution in [0.5, 0.6) is 0 Å². The Morgan fingerprint density at radius 1 is 1.50 bits per heavy atom. The van der Waals surface area contributed by atoms with Gasteiger partial charge in [-0.25, -0.2) is 4.98 Å². The molecule has 0 amide bonds. The first-order valence-electron chi connectivity index (χ1n) is 4.30. The van der Waals surface area contributed by atoms with E-state index >= 15 is 0 Å². The van der Waals surface area contributed by atoms with Crippen LogP contribution in [-0.2, 0) is 14.9 Å². The van der Waals surface area contributed by atoms with Crippen molar-refractivity contribution in [3.8, 4) is 0 Å². The van der Waals surface area contributed by atoms with Crippen LogP contribution in [0.25, 0.3) is 0 Å². The van der Waals surface area contributed by atoms with Crippen molar-refractivity contribution in [1.82, 2.24) is 4.98 Å². The minimum absolute atomic E-state index is 0. The first-order chi connectivity index (χ1) is 6.89. The van der Waals surface area contributed by atoms with Gasteiger partial charge in [-0.15, -0.1) is 0 Å². The average Bonchev–Trinajstić information content (AvgIpc) is 2.20. The molecule has 0 fully saturated rings. The summed E-state index contributed by atoms with van der Waals surface area (Å²) in [7, 11) is 1.35. The average molecular weight is 317 g/mol. The van der Waals surface area contributed by atoms with Crippen LogP contribution in [0.1, 0.15) is 19.5 Å². The molecule has 0 saturated heterocycles. The van der Waals surface area contributed by atoms with Gasteiger partial charge in [0.1, 0.15) is 10.6 Å². The van der Waals surface area contributed by atoms with E-state index in [1.807, 2.05) is 0 Å². The molecule has 0 unspecified atom stereocenters. The summed E-state index contributed by atoms with van der Waals surface area (Å²) >= 11 is 9.12. The summed E-state index contributed by atoms with van der Waals surface area (Å²) in [4.78, 5) is 15.7. The van der Waals surface area contributed by atoms with Crippen molar-refractivity contribution in [2.45, 2.75) is 19.3 Å². The molecular formula is C10H12BrClNNaO2. The second kappa shape index (κ2) is 6.36. The van der Waals surface area contributed by atoms with Crippen LogP contribution in [0, 0.1) is 0 Å². The molecule has 1 heterocycles. The van der Waals surface area contributed by atoms with Crippen molar-refractivity contribution in [3.63, 3.8) is 0 Å². The van der Waals surface area contributed by atoms with Crippen molar-refractivity contribution in [3.05, 3.63) is 27.5 Å². The van der Waals surface area contributed by atoms with Gasteiger partial charge in [-0.05, 0) is 41.9 Å². The molecule has 0 N–H and O–H groups in total. The molecule has 16 heavy (non-hydrogen) atoms. The summed E-state index contributed by atoms with van der Waals surface area (Å²) in [6.45, 7) is 3.48. The Balaban J connectivity index is 0.00000225. The van der Waals surface area contributed by atoms with Gasteiger partial charge in [0.25, 0.3) is 0 Å². The van der Waals surface area contributed by atoms with E-state index in [-0.39, 0.29) is 35.5 Å². The predicted octanol–water partition coefficient (Wildman–Crippen LogP) is 2.30. The van der Waals surface area contributed by atoms with Gasteiger partial charge in [-0.1, -0.05) is 11.6 Å². The van der Waals surface area contributed by atoms with Gasteiger partial charge in [0.05, 0.1) is 12.8 Å². The third-order valence-electron chi connectivity index (χ3n) is 2.10. The number of esters is 1. The molecule has 1 rings (SSSR count). The quantitative estimate of drug-likeness (QED) is 0.477. The minimum atomic E-state index is -0.821. The fraction of sp³-hybridized carbons (Fsp3) is 0.400. The van der Waals surface area contributed by atoms with E-state index in [0.717, 1.165) is 4.47 Å². The Labute approximate surface area is 130 Å². The van der Waals surface area contributed by atoms with Crippen LogP contribution < -0.4 is 0 Å². The van der Waals surface area contributed by atoms with Gasteiger partial charge in [0, 0.05) is 4.47 Å². The standard InChI is InChI=1S/C10H11BrClNO2.Na.H/c1-10(2,9(14)15-3)8-6(11)4-5-7(12)13-8;;/h4-5H,1-3H3;;. The first-order valence-corrected chi connectivity index (χ1v) is 5.47. The van der Waals surface area contributed by atoms with E-state index in [4.69, 9.17) is 16.3 Å². The molecule has 1 aromatic heterocycles. The molecule has 1 aromatic rings. The number of aromatic nitrogens is 1. The third-order valence-corrected chi connectivity index (χ3v) is 2.95. The van der Waals surface area contributed by atoms with Gasteiger partial charge in [0.15, 0.2) is 0 Å². The summed E-state index contributed by atoms with van der Waals surface area (Å²) in [5, 5.41) is 0.352. The van der Waals surface area contributed by atoms with Gasteiger partial charge >= 0.3 is 35.5 Å². The molecule has 0 aromatic carbocycles. The zero-order valence-corrected chi connectivity index (χ0v) is 11.0. The summed E-state index contributed by atoms with van der Waals surface area (Å²) in [5.74, 6) is -0.349. The fourth-order valence-corrected chi connectivity index (χ4v) is 2.07. The van der Waals surface area contributed by atoms with Crippen molar-refractivity contribution in [2.75, 3.05) is 7.11 Å². The second-order valence-electron chi connectivity index (χ2n) is 3.58. The number of ether oxygens (including phenoxy) is 1. The Morgan fingerprint density at radius 3 is 2.56 bits per heavy atom. The number of hydrogen-bond acceptors (Lipinski definition) is 3. The molecule has 0 bridgehead atoms. The summed E-state index contributed by atoms with van der Waals surface area (Å²) < 4.78 is 5.46. The normalized spacial score (nSPS) is 10.6. The Kier molecular flexibility index (Phi) is 6.51. The van der Waals surface area contributed by atoms with Gasteiger partial charge in [-0.3, -0.25) is 4.79 Å². The summed E-state index contributed by atoms with van der Waals surface area (Å²) in [6.07, 6.45) is 0. The van der Waals surface area contributed by atoms with E-state index in [0.29, 0.717) is 10.8 Å². The number of pyridine rings is 1. The Bertz CT molecular complexity index is 398. The molecule has 6 heteroatoms. The molecule has 0 atom stereocenters. The van der Waals surface area contributed by atoms with Crippen molar-refractivity contribution < 1.29 is 9.53 Å². The molecule has 3 nitrogen and oxygen atoms in total. The number of rotatable bonds is 2. The maximum absolute atomic E-state index is 11.6. The van der Waals surface area contributed by atoms with Gasteiger partial charge in [0.2, 0.25) is 0 Å². The summed E-state index contributed by atoms with van der Waals surface area (Å²) in [6, 6.07) is 3.41. The van der Waals surface area contributed by atoms with Crippen LogP contribution in [-0.4, -0.2) is 47.6 Å². The Hall–Kier alpha value is 0.390. The topological polar surface area (TPSA) is 39.2 Å². The fourth-order valence-electron chi connectivity index (χ4n) is 1.21. The second-order valence-corrected chi connectivity index (χ2v) is 4.82. The SMILES string of the molecule is COC(=O)C(C)(C)c1nc(Cl)ccc1Br.[NaH]. The summed E-state index contributed by atoms with van der Waals surface area (Å²) in [5.41, 5.74) is -0.250. The monoisotopic (exact) mass is 315 g/mol. The van der Waals surface area contributed by atoms with Crippen molar-refractivity contribution >= 4 is 63.1 Å². The number of hydrogen-bond donors (Lipinski definition) is 0. The zero-order valence-electron chi connectivity index (χ0n) is 8.67. The Morgan fingerprint density at radius 2 is 2.06 bits per heavy atom. The number of halogens is 2. The molecule has 84 valence electrons. The number of methoxy groups -OCH3 is 1. The maximum atomic E-state index is 11.6. The van der Waals surface area contributed by atoms with Gasteiger partial charge in [-0.2, -0.15) is 0 Å². The molecule has 0 aliphatic carbocycles. The number of carbonyl (C=O) groups is 1. The number of carbonyl (C=O) groups excluding carboxylic acids is 1. The van der Waals surface area contributed by atoms with E-state index in [1.165, 1.54) is 7.11 Å². The molecule has 0 spiro atoms. The molecular weight excluding hydrogens is 304 g/mol. The van der Waals surface area contributed by atoms with Crippen molar-refractivity contribution in [1.29, 1.82) is 0 Å². The van der Waals surface area contributed by atoms with Crippen LogP contribution in [0.3, 0.4) is 0 Å². The zero-order chi connectivity index (χ0) is 11.6. The van der Waals surface area contributed by atoms with Gasteiger partial charge < -0.3 is 4.74 Å².